The van der Waals surface area contributed by atoms with E-state index in [-0.39, 0.29) is 5.60 Å². The number of nitrogens with zero attached hydrogens (tertiary/aromatic N) is 1. The zero-order valence-corrected chi connectivity index (χ0v) is 18.0. The third-order valence-electron chi connectivity index (χ3n) is 6.11. The number of aromatic nitrogens is 1. The Morgan fingerprint density at radius 3 is 2.59 bits per heavy atom. The lowest BCUT2D eigenvalue weighted by Gasteiger charge is -2.38. The van der Waals surface area contributed by atoms with E-state index >= 15 is 0 Å². The molecule has 1 unspecified atom stereocenters. The summed E-state index contributed by atoms with van der Waals surface area (Å²) in [7, 11) is 1.69. The molecule has 1 aliphatic carbocycles. The van der Waals surface area contributed by atoms with Gasteiger partial charge in [-0.25, -0.2) is 0 Å². The Morgan fingerprint density at radius 2 is 1.93 bits per heavy atom. The second kappa shape index (κ2) is 11.3. The van der Waals surface area contributed by atoms with Gasteiger partial charge in [0.15, 0.2) is 0 Å². The summed E-state index contributed by atoms with van der Waals surface area (Å²) in [6.07, 6.45) is 10.5. The second-order valence-corrected chi connectivity index (χ2v) is 8.13. The minimum atomic E-state index is 0.209. The van der Waals surface area contributed by atoms with Crippen LogP contribution in [0.3, 0.4) is 0 Å². The lowest BCUT2D eigenvalue weighted by atomic mass is 9.83. The van der Waals surface area contributed by atoms with Crippen molar-refractivity contribution in [1.82, 2.24) is 10.3 Å². The van der Waals surface area contributed by atoms with Crippen LogP contribution in [0.2, 0.25) is 0 Å². The third-order valence-corrected chi connectivity index (χ3v) is 6.11. The van der Waals surface area contributed by atoms with E-state index in [0.717, 1.165) is 38.3 Å². The molecule has 2 aliphatic rings. The molecule has 1 saturated carbocycles. The van der Waals surface area contributed by atoms with Gasteiger partial charge in [-0.2, -0.15) is 0 Å². The second-order valence-electron chi connectivity index (χ2n) is 8.13. The first-order chi connectivity index (χ1) is 14.2. The van der Waals surface area contributed by atoms with Gasteiger partial charge in [0, 0.05) is 24.4 Å². The lowest BCUT2D eigenvalue weighted by Crippen LogP contribution is -2.36. The van der Waals surface area contributed by atoms with Gasteiger partial charge in [-0.05, 0) is 75.0 Å². The molecule has 4 rings (SSSR count). The van der Waals surface area contributed by atoms with E-state index < -0.39 is 0 Å². The Bertz CT molecular complexity index is 697. The number of rotatable bonds is 6. The van der Waals surface area contributed by atoms with Crippen LogP contribution in [0.5, 0.6) is 5.75 Å². The molecule has 158 valence electrons. The van der Waals surface area contributed by atoms with Crippen LogP contribution in [0.1, 0.15) is 62.6 Å². The van der Waals surface area contributed by atoms with E-state index in [1.54, 1.807) is 7.11 Å². The maximum Gasteiger partial charge on any atom is 0.118 e. The summed E-state index contributed by atoms with van der Waals surface area (Å²) >= 11 is 0. The van der Waals surface area contributed by atoms with Crippen molar-refractivity contribution in [3.8, 4) is 5.75 Å². The molecule has 1 N–H and O–H groups in total. The van der Waals surface area contributed by atoms with Gasteiger partial charge in [-0.1, -0.05) is 38.0 Å². The number of nitrogens with one attached hydrogen (secondary N) is 1. The van der Waals surface area contributed by atoms with E-state index in [2.05, 4.69) is 41.5 Å². The summed E-state index contributed by atoms with van der Waals surface area (Å²) in [5.41, 5.74) is 2.82. The van der Waals surface area contributed by atoms with Crippen molar-refractivity contribution in [3.63, 3.8) is 0 Å². The third kappa shape index (κ3) is 6.55. The molecule has 1 spiro atoms. The molecular weight excluding hydrogens is 360 g/mol. The number of pyridine rings is 1. The number of ether oxygens (including phenoxy) is 2. The average Bonchev–Trinajstić information content (AvgIpc) is 3.23. The first-order valence-corrected chi connectivity index (χ1v) is 11.1. The molecular formula is C25H36N2O2. The molecule has 4 nitrogen and oxygen atoms in total. The summed E-state index contributed by atoms with van der Waals surface area (Å²) in [6.45, 7) is 5.12. The molecule has 1 saturated heterocycles. The topological polar surface area (TPSA) is 43.4 Å². The van der Waals surface area contributed by atoms with Crippen LogP contribution in [0.15, 0.2) is 48.7 Å². The van der Waals surface area contributed by atoms with Gasteiger partial charge in [0.25, 0.3) is 0 Å². The SMILES string of the molecule is CCNCCc1ccc(OC)cc1.c1ccc(C2CCOC3(CCCC3)C2)nc1. The molecule has 29 heavy (non-hydrogen) atoms. The molecule has 0 bridgehead atoms. The van der Waals surface area contributed by atoms with Crippen molar-refractivity contribution in [2.24, 2.45) is 0 Å². The fourth-order valence-corrected chi connectivity index (χ4v) is 4.47. The maximum absolute atomic E-state index is 6.05. The fraction of sp³-hybridized carbons (Fsp3) is 0.560. The summed E-state index contributed by atoms with van der Waals surface area (Å²) in [4.78, 5) is 4.50. The Labute approximate surface area is 176 Å². The number of likely N-dealkylation sites (N-methyl/N-ethyl adjacent to an activating group) is 1. The van der Waals surface area contributed by atoms with E-state index in [1.807, 2.05) is 24.4 Å². The molecule has 0 amide bonds. The summed E-state index contributed by atoms with van der Waals surface area (Å²) < 4.78 is 11.1. The van der Waals surface area contributed by atoms with Crippen LogP contribution >= 0.6 is 0 Å². The molecule has 2 heterocycles. The van der Waals surface area contributed by atoms with Gasteiger partial charge in [0.1, 0.15) is 5.75 Å². The maximum atomic E-state index is 6.05. The molecule has 1 aliphatic heterocycles. The van der Waals surface area contributed by atoms with Crippen molar-refractivity contribution in [3.05, 3.63) is 59.9 Å². The molecule has 2 fully saturated rings. The highest BCUT2D eigenvalue weighted by molar-refractivity contribution is 5.27. The molecule has 1 atom stereocenters. The predicted molar refractivity (Wildman–Crippen MR) is 119 cm³/mol. The summed E-state index contributed by atoms with van der Waals surface area (Å²) in [5, 5.41) is 3.29. The highest BCUT2D eigenvalue weighted by Gasteiger charge is 2.40. The van der Waals surface area contributed by atoms with Crippen molar-refractivity contribution in [2.45, 2.75) is 63.4 Å². The molecule has 1 aromatic carbocycles. The number of hydrogen-bond donors (Lipinski definition) is 1. The van der Waals surface area contributed by atoms with Crippen molar-refractivity contribution in [1.29, 1.82) is 0 Å². The van der Waals surface area contributed by atoms with E-state index in [9.17, 15) is 0 Å². The van der Waals surface area contributed by atoms with Gasteiger partial charge in [0.2, 0.25) is 0 Å². The fourth-order valence-electron chi connectivity index (χ4n) is 4.47. The Morgan fingerprint density at radius 1 is 1.14 bits per heavy atom. The normalized spacial score (nSPS) is 20.1. The lowest BCUT2D eigenvalue weighted by molar-refractivity contribution is -0.0809. The van der Waals surface area contributed by atoms with Crippen molar-refractivity contribution in [2.75, 3.05) is 26.8 Å². The minimum absolute atomic E-state index is 0.209. The van der Waals surface area contributed by atoms with Gasteiger partial charge >= 0.3 is 0 Å². The van der Waals surface area contributed by atoms with E-state index in [0.29, 0.717) is 5.92 Å². The van der Waals surface area contributed by atoms with Crippen LogP contribution in [0.4, 0.5) is 0 Å². The first-order valence-electron chi connectivity index (χ1n) is 11.1. The largest absolute Gasteiger partial charge is 0.497 e. The van der Waals surface area contributed by atoms with E-state index in [4.69, 9.17) is 9.47 Å². The quantitative estimate of drug-likeness (QED) is 0.687. The highest BCUT2D eigenvalue weighted by Crippen LogP contribution is 2.44. The predicted octanol–water partition coefficient (Wildman–Crippen LogP) is 5.14. The highest BCUT2D eigenvalue weighted by atomic mass is 16.5. The Hall–Kier alpha value is -1.91. The average molecular weight is 397 g/mol. The Kier molecular flexibility index (Phi) is 8.51. The van der Waals surface area contributed by atoms with Gasteiger partial charge in [0.05, 0.1) is 12.7 Å². The summed E-state index contributed by atoms with van der Waals surface area (Å²) in [5.74, 6) is 1.54. The molecule has 1 aromatic heterocycles. The smallest absolute Gasteiger partial charge is 0.118 e. The zero-order valence-electron chi connectivity index (χ0n) is 18.0. The molecule has 0 radical (unpaired) electrons. The molecule has 2 aromatic rings. The van der Waals surface area contributed by atoms with Crippen LogP contribution in [0, 0.1) is 0 Å². The number of methoxy groups -OCH3 is 1. The van der Waals surface area contributed by atoms with Crippen molar-refractivity contribution < 1.29 is 9.47 Å². The number of hydrogen-bond acceptors (Lipinski definition) is 4. The van der Waals surface area contributed by atoms with Crippen LogP contribution in [0.25, 0.3) is 0 Å². The standard InChI is InChI=1S/C14H19NO.C11H17NO/c1-4-9-15-13(5-1)12-6-10-16-14(11-12)7-2-3-8-14;1-3-12-9-8-10-4-6-11(13-2)7-5-10/h1,4-5,9,12H,2-3,6-8,10-11H2;4-7,12H,3,8-9H2,1-2H3. The van der Waals surface area contributed by atoms with Gasteiger partial charge in [-0.3, -0.25) is 4.98 Å². The summed E-state index contributed by atoms with van der Waals surface area (Å²) in [6, 6.07) is 14.5. The van der Waals surface area contributed by atoms with Crippen molar-refractivity contribution >= 4 is 0 Å². The minimum Gasteiger partial charge on any atom is -0.497 e. The van der Waals surface area contributed by atoms with Crippen LogP contribution in [-0.4, -0.2) is 37.4 Å². The first kappa shape index (κ1) is 21.8. The monoisotopic (exact) mass is 396 g/mol. The van der Waals surface area contributed by atoms with Crippen LogP contribution in [-0.2, 0) is 11.2 Å². The van der Waals surface area contributed by atoms with Gasteiger partial charge < -0.3 is 14.8 Å². The number of benzene rings is 1. The van der Waals surface area contributed by atoms with Crippen LogP contribution < -0.4 is 10.1 Å². The Balaban J connectivity index is 0.000000170. The molecule has 4 heteroatoms. The van der Waals surface area contributed by atoms with E-state index in [1.165, 1.54) is 43.4 Å². The van der Waals surface area contributed by atoms with Gasteiger partial charge in [-0.15, -0.1) is 0 Å². The zero-order chi connectivity index (χ0) is 20.4.